The molecule has 0 fully saturated rings. The Morgan fingerprint density at radius 2 is 2.33 bits per heavy atom. The molecule has 0 saturated carbocycles. The van der Waals surface area contributed by atoms with Gasteiger partial charge < -0.3 is 15.4 Å². The van der Waals surface area contributed by atoms with Crippen LogP contribution >= 0.6 is 0 Å². The highest BCUT2D eigenvalue weighted by atomic mass is 16.5. The molecule has 5 heteroatoms. The number of rotatable bonds is 7. The molecule has 1 aromatic carbocycles. The van der Waals surface area contributed by atoms with E-state index in [0.717, 1.165) is 17.7 Å². The lowest BCUT2D eigenvalue weighted by Crippen LogP contribution is -2.34. The van der Waals surface area contributed by atoms with Crippen LogP contribution in [0.1, 0.15) is 5.56 Å². The van der Waals surface area contributed by atoms with E-state index in [-0.39, 0.29) is 19.0 Å². The summed E-state index contributed by atoms with van der Waals surface area (Å²) in [5.41, 5.74) is 1.15. The van der Waals surface area contributed by atoms with Crippen molar-refractivity contribution >= 4 is 5.91 Å². The van der Waals surface area contributed by atoms with Crippen LogP contribution in [-0.4, -0.2) is 32.7 Å². The van der Waals surface area contributed by atoms with Gasteiger partial charge in [0.25, 0.3) is 0 Å². The number of hydrogen-bond donors (Lipinski definition) is 2. The summed E-state index contributed by atoms with van der Waals surface area (Å²) in [5.74, 6) is 0.668. The number of nitrogens with zero attached hydrogens (tertiary/aromatic N) is 1. The predicted octanol–water partition coefficient (Wildman–Crippen LogP) is 0.467. The van der Waals surface area contributed by atoms with Crippen LogP contribution in [0, 0.1) is 11.3 Å². The summed E-state index contributed by atoms with van der Waals surface area (Å²) in [5, 5.41) is 13.8. The van der Waals surface area contributed by atoms with Crippen molar-refractivity contribution in [3.8, 4) is 11.8 Å². The second kappa shape index (κ2) is 8.09. The summed E-state index contributed by atoms with van der Waals surface area (Å²) in [6.07, 6.45) is 0.822. The average Bonchev–Trinajstić information content (AvgIpc) is 2.41. The molecule has 0 aliphatic rings. The third kappa shape index (κ3) is 5.32. The number of hydrogen-bond acceptors (Lipinski definition) is 4. The number of ether oxygens (including phenoxy) is 1. The van der Waals surface area contributed by atoms with Crippen molar-refractivity contribution < 1.29 is 9.53 Å². The summed E-state index contributed by atoms with van der Waals surface area (Å²) in [4.78, 5) is 11.2. The zero-order valence-corrected chi connectivity index (χ0v) is 10.4. The van der Waals surface area contributed by atoms with Gasteiger partial charge in [0.05, 0.1) is 19.7 Å². The van der Waals surface area contributed by atoms with Crippen molar-refractivity contribution in [1.29, 1.82) is 5.26 Å². The average molecular weight is 247 g/mol. The Kier molecular flexibility index (Phi) is 6.30. The van der Waals surface area contributed by atoms with Crippen LogP contribution in [0.5, 0.6) is 5.75 Å². The number of carbonyl (C=O) groups excluding carboxylic acids is 1. The maximum absolute atomic E-state index is 11.2. The fourth-order valence-electron chi connectivity index (χ4n) is 1.46. The lowest BCUT2D eigenvalue weighted by Gasteiger charge is -2.06. The number of amides is 1. The molecule has 0 radical (unpaired) electrons. The second-order valence-electron chi connectivity index (χ2n) is 3.71. The molecule has 0 aliphatic carbocycles. The third-order valence-electron chi connectivity index (χ3n) is 2.37. The summed E-state index contributed by atoms with van der Waals surface area (Å²) >= 11 is 0. The standard InChI is InChI=1S/C13H17N3O2/c1-18-12-4-2-3-11(9-12)5-7-15-10-13(17)16-8-6-14/h2-4,9,15H,5,7-8,10H2,1H3,(H,16,17). The molecule has 0 bridgehead atoms. The van der Waals surface area contributed by atoms with Gasteiger partial charge in [0.2, 0.25) is 5.91 Å². The van der Waals surface area contributed by atoms with Gasteiger partial charge in [0, 0.05) is 0 Å². The molecular formula is C13H17N3O2. The van der Waals surface area contributed by atoms with E-state index in [1.165, 1.54) is 0 Å². The molecule has 5 nitrogen and oxygen atoms in total. The number of nitriles is 1. The summed E-state index contributed by atoms with van der Waals surface area (Å²) in [7, 11) is 1.64. The first-order valence-electron chi connectivity index (χ1n) is 5.73. The van der Waals surface area contributed by atoms with E-state index in [4.69, 9.17) is 10.00 Å². The molecule has 18 heavy (non-hydrogen) atoms. The van der Waals surface area contributed by atoms with Crippen molar-refractivity contribution in [3.63, 3.8) is 0 Å². The van der Waals surface area contributed by atoms with Gasteiger partial charge in [-0.1, -0.05) is 12.1 Å². The van der Waals surface area contributed by atoms with E-state index >= 15 is 0 Å². The van der Waals surface area contributed by atoms with E-state index < -0.39 is 0 Å². The Morgan fingerprint density at radius 3 is 3.06 bits per heavy atom. The molecule has 0 atom stereocenters. The van der Waals surface area contributed by atoms with Crippen molar-refractivity contribution in [2.24, 2.45) is 0 Å². The topological polar surface area (TPSA) is 74.2 Å². The molecule has 1 amide bonds. The van der Waals surface area contributed by atoms with Gasteiger partial charge in [0.1, 0.15) is 12.3 Å². The van der Waals surface area contributed by atoms with Crippen molar-refractivity contribution in [2.45, 2.75) is 6.42 Å². The molecular weight excluding hydrogens is 230 g/mol. The van der Waals surface area contributed by atoms with Crippen LogP contribution in [0.15, 0.2) is 24.3 Å². The van der Waals surface area contributed by atoms with Gasteiger partial charge >= 0.3 is 0 Å². The molecule has 0 unspecified atom stereocenters. The highest BCUT2D eigenvalue weighted by molar-refractivity contribution is 5.78. The van der Waals surface area contributed by atoms with Gasteiger partial charge in [-0.2, -0.15) is 5.26 Å². The van der Waals surface area contributed by atoms with E-state index in [0.29, 0.717) is 6.54 Å². The smallest absolute Gasteiger partial charge is 0.234 e. The summed E-state index contributed by atoms with van der Waals surface area (Å²) in [6.45, 7) is 0.981. The van der Waals surface area contributed by atoms with E-state index in [1.54, 1.807) is 7.11 Å². The van der Waals surface area contributed by atoms with Crippen molar-refractivity contribution in [3.05, 3.63) is 29.8 Å². The maximum atomic E-state index is 11.2. The Hall–Kier alpha value is -2.06. The highest BCUT2D eigenvalue weighted by Gasteiger charge is 1.99. The van der Waals surface area contributed by atoms with Gasteiger partial charge in [0.15, 0.2) is 0 Å². The summed E-state index contributed by atoms with van der Waals surface area (Å²) < 4.78 is 5.13. The molecule has 0 saturated heterocycles. The number of benzene rings is 1. The Morgan fingerprint density at radius 1 is 1.50 bits per heavy atom. The van der Waals surface area contributed by atoms with Crippen LogP contribution in [0.3, 0.4) is 0 Å². The number of nitrogens with one attached hydrogen (secondary N) is 2. The van der Waals surface area contributed by atoms with Crippen molar-refractivity contribution in [1.82, 2.24) is 10.6 Å². The predicted molar refractivity (Wildman–Crippen MR) is 68.2 cm³/mol. The Labute approximate surface area is 107 Å². The fourth-order valence-corrected chi connectivity index (χ4v) is 1.46. The zero-order valence-electron chi connectivity index (χ0n) is 10.4. The van der Waals surface area contributed by atoms with Crippen LogP contribution in [0.25, 0.3) is 0 Å². The first kappa shape index (κ1) is 14.0. The van der Waals surface area contributed by atoms with Gasteiger partial charge in [-0.25, -0.2) is 0 Å². The Bertz CT molecular complexity index is 426. The SMILES string of the molecule is COc1cccc(CCNCC(=O)NCC#N)c1. The lowest BCUT2D eigenvalue weighted by atomic mass is 10.1. The minimum atomic E-state index is -0.165. The number of methoxy groups -OCH3 is 1. The lowest BCUT2D eigenvalue weighted by molar-refractivity contribution is -0.120. The van der Waals surface area contributed by atoms with Crippen LogP contribution < -0.4 is 15.4 Å². The first-order valence-corrected chi connectivity index (χ1v) is 5.73. The quantitative estimate of drug-likeness (QED) is 0.542. The molecule has 96 valence electrons. The van der Waals surface area contributed by atoms with Crippen molar-refractivity contribution in [2.75, 3.05) is 26.7 Å². The fraction of sp³-hybridized carbons (Fsp3) is 0.385. The third-order valence-corrected chi connectivity index (χ3v) is 2.37. The molecule has 0 aliphatic heterocycles. The van der Waals surface area contributed by atoms with Crippen LogP contribution in [0.4, 0.5) is 0 Å². The van der Waals surface area contributed by atoms with Gasteiger partial charge in [-0.05, 0) is 30.7 Å². The first-order chi connectivity index (χ1) is 8.76. The van der Waals surface area contributed by atoms with E-state index in [2.05, 4.69) is 10.6 Å². The second-order valence-corrected chi connectivity index (χ2v) is 3.71. The van der Waals surface area contributed by atoms with Crippen LogP contribution in [-0.2, 0) is 11.2 Å². The highest BCUT2D eigenvalue weighted by Crippen LogP contribution is 2.12. The minimum absolute atomic E-state index is 0.0520. The molecule has 0 spiro atoms. The monoisotopic (exact) mass is 247 g/mol. The Balaban J connectivity index is 2.21. The normalized spacial score (nSPS) is 9.56. The molecule has 1 aromatic rings. The van der Waals surface area contributed by atoms with Gasteiger partial charge in [-0.3, -0.25) is 4.79 Å². The number of carbonyl (C=O) groups is 1. The molecule has 1 rings (SSSR count). The largest absolute Gasteiger partial charge is 0.497 e. The molecule has 0 heterocycles. The summed E-state index contributed by atoms with van der Waals surface area (Å²) in [6, 6.07) is 9.67. The minimum Gasteiger partial charge on any atom is -0.497 e. The zero-order chi connectivity index (χ0) is 13.2. The van der Waals surface area contributed by atoms with E-state index in [9.17, 15) is 4.79 Å². The maximum Gasteiger partial charge on any atom is 0.234 e. The molecule has 0 aromatic heterocycles. The van der Waals surface area contributed by atoms with Crippen LogP contribution in [0.2, 0.25) is 0 Å². The molecule has 2 N–H and O–H groups in total. The van der Waals surface area contributed by atoms with E-state index in [1.807, 2.05) is 30.3 Å². The van der Waals surface area contributed by atoms with Gasteiger partial charge in [-0.15, -0.1) is 0 Å².